The highest BCUT2D eigenvalue weighted by Gasteiger charge is 2.31. The van der Waals surface area contributed by atoms with E-state index in [0.29, 0.717) is 36.6 Å². The Kier molecular flexibility index (Phi) is 4.58. The zero-order chi connectivity index (χ0) is 18.1. The molecule has 2 heterocycles. The number of carbonyl (C=O) groups is 1. The lowest BCUT2D eigenvalue weighted by atomic mass is 9.92. The summed E-state index contributed by atoms with van der Waals surface area (Å²) >= 11 is 0. The van der Waals surface area contributed by atoms with E-state index < -0.39 is 10.0 Å². The first-order valence-corrected chi connectivity index (χ1v) is 10.5. The number of benzene rings is 1. The van der Waals surface area contributed by atoms with Gasteiger partial charge in [0.25, 0.3) is 5.91 Å². The number of piperazine rings is 1. The van der Waals surface area contributed by atoms with Crippen molar-refractivity contribution in [3.63, 3.8) is 0 Å². The maximum atomic E-state index is 13.0. The second-order valence-electron chi connectivity index (χ2n) is 6.93. The summed E-state index contributed by atoms with van der Waals surface area (Å²) in [6, 6.07) is 7.28. The van der Waals surface area contributed by atoms with Crippen LogP contribution in [0.25, 0.3) is 0 Å². The second-order valence-corrected chi connectivity index (χ2v) is 8.87. The van der Waals surface area contributed by atoms with E-state index in [1.807, 2.05) is 12.1 Å². The van der Waals surface area contributed by atoms with Crippen molar-refractivity contribution in [1.29, 1.82) is 0 Å². The summed E-state index contributed by atoms with van der Waals surface area (Å²) in [5.41, 5.74) is 3.05. The maximum absolute atomic E-state index is 13.0. The van der Waals surface area contributed by atoms with Gasteiger partial charge in [-0.2, -0.15) is 4.31 Å². The Bertz CT molecular complexity index is 898. The number of rotatable bonds is 3. The third-order valence-corrected chi connectivity index (χ3v) is 7.22. The van der Waals surface area contributed by atoms with Gasteiger partial charge in [0.1, 0.15) is 0 Å². The maximum Gasteiger partial charge on any atom is 0.255 e. The normalized spacial score (nSPS) is 18.5. The van der Waals surface area contributed by atoms with Crippen LogP contribution in [0.3, 0.4) is 0 Å². The van der Waals surface area contributed by atoms with Crippen molar-refractivity contribution < 1.29 is 13.2 Å². The highest BCUT2D eigenvalue weighted by molar-refractivity contribution is 7.89. The van der Waals surface area contributed by atoms with Crippen LogP contribution in [0.5, 0.6) is 0 Å². The standard InChI is InChI=1S/C19H23N3O3S/c23-19(17-7-8-20-14-17)21-9-11-22(12-10-21)26(24,25)18-6-5-15-3-1-2-4-16(15)13-18/h5-8,13-14,20H,1-4,9-12H2. The van der Waals surface area contributed by atoms with E-state index in [1.165, 1.54) is 21.9 Å². The summed E-state index contributed by atoms with van der Waals surface area (Å²) in [7, 11) is -3.51. The molecule has 0 atom stereocenters. The Labute approximate surface area is 153 Å². The van der Waals surface area contributed by atoms with Crippen molar-refractivity contribution >= 4 is 15.9 Å². The molecule has 1 amide bonds. The molecule has 1 aromatic carbocycles. The Morgan fingerprint density at radius 1 is 0.962 bits per heavy atom. The van der Waals surface area contributed by atoms with E-state index in [-0.39, 0.29) is 5.91 Å². The van der Waals surface area contributed by atoms with E-state index >= 15 is 0 Å². The monoisotopic (exact) mass is 373 g/mol. The van der Waals surface area contributed by atoms with E-state index in [9.17, 15) is 13.2 Å². The number of nitrogens with one attached hydrogen (secondary N) is 1. The van der Waals surface area contributed by atoms with Crippen molar-refractivity contribution in [3.8, 4) is 0 Å². The molecule has 0 saturated carbocycles. The Morgan fingerprint density at radius 2 is 1.69 bits per heavy atom. The molecule has 0 unspecified atom stereocenters. The molecule has 1 saturated heterocycles. The minimum absolute atomic E-state index is 0.0583. The Morgan fingerprint density at radius 3 is 2.38 bits per heavy atom. The van der Waals surface area contributed by atoms with E-state index in [1.54, 1.807) is 29.4 Å². The van der Waals surface area contributed by atoms with Crippen molar-refractivity contribution in [3.05, 3.63) is 53.3 Å². The van der Waals surface area contributed by atoms with Crippen LogP contribution in [0.1, 0.15) is 34.3 Å². The number of hydrogen-bond acceptors (Lipinski definition) is 3. The molecule has 138 valence electrons. The average Bonchev–Trinajstić information content (AvgIpc) is 3.22. The van der Waals surface area contributed by atoms with Gasteiger partial charge in [-0.25, -0.2) is 8.42 Å². The van der Waals surface area contributed by atoms with Gasteiger partial charge in [-0.15, -0.1) is 0 Å². The molecule has 2 aromatic rings. The Hall–Kier alpha value is -2.12. The van der Waals surface area contributed by atoms with E-state index in [2.05, 4.69) is 4.98 Å². The minimum atomic E-state index is -3.51. The fourth-order valence-corrected chi connectivity index (χ4v) is 5.26. The third kappa shape index (κ3) is 3.17. The molecule has 26 heavy (non-hydrogen) atoms. The van der Waals surface area contributed by atoms with Gasteiger partial charge in [-0.3, -0.25) is 4.79 Å². The molecule has 0 bridgehead atoms. The van der Waals surface area contributed by atoms with Crippen LogP contribution in [-0.4, -0.2) is 54.7 Å². The molecular weight excluding hydrogens is 350 g/mol. The van der Waals surface area contributed by atoms with Crippen molar-refractivity contribution in [2.75, 3.05) is 26.2 Å². The number of aromatic amines is 1. The number of nitrogens with zero attached hydrogens (tertiary/aromatic N) is 2. The highest BCUT2D eigenvalue weighted by Crippen LogP contribution is 2.26. The van der Waals surface area contributed by atoms with Gasteiger partial charge in [0.2, 0.25) is 10.0 Å². The molecule has 1 aromatic heterocycles. The van der Waals surface area contributed by atoms with Crippen molar-refractivity contribution in [2.45, 2.75) is 30.6 Å². The molecule has 1 fully saturated rings. The zero-order valence-corrected chi connectivity index (χ0v) is 15.5. The third-order valence-electron chi connectivity index (χ3n) is 5.33. The van der Waals surface area contributed by atoms with Gasteiger partial charge >= 0.3 is 0 Å². The smallest absolute Gasteiger partial charge is 0.255 e. The fourth-order valence-electron chi connectivity index (χ4n) is 3.79. The SMILES string of the molecule is O=C(c1cc[nH]c1)N1CCN(S(=O)(=O)c2ccc3c(c2)CCCC3)CC1. The van der Waals surface area contributed by atoms with Gasteiger partial charge < -0.3 is 9.88 Å². The van der Waals surface area contributed by atoms with Crippen LogP contribution in [0.2, 0.25) is 0 Å². The first-order valence-electron chi connectivity index (χ1n) is 9.10. The fraction of sp³-hybridized carbons (Fsp3) is 0.421. The van der Waals surface area contributed by atoms with Crippen LogP contribution in [-0.2, 0) is 22.9 Å². The number of aromatic nitrogens is 1. The van der Waals surface area contributed by atoms with Gasteiger partial charge in [-0.05, 0) is 55.0 Å². The number of amides is 1. The van der Waals surface area contributed by atoms with Crippen LogP contribution in [0.4, 0.5) is 0 Å². The second kappa shape index (κ2) is 6.89. The van der Waals surface area contributed by atoms with Crippen molar-refractivity contribution in [2.24, 2.45) is 0 Å². The summed E-state index contributed by atoms with van der Waals surface area (Å²) in [6.45, 7) is 1.48. The molecule has 1 aliphatic heterocycles. The summed E-state index contributed by atoms with van der Waals surface area (Å²) in [6.07, 6.45) is 7.67. The number of sulfonamides is 1. The van der Waals surface area contributed by atoms with E-state index in [0.717, 1.165) is 19.3 Å². The Balaban J connectivity index is 1.47. The van der Waals surface area contributed by atoms with Crippen LogP contribution >= 0.6 is 0 Å². The summed E-state index contributed by atoms with van der Waals surface area (Å²) in [5, 5.41) is 0. The molecule has 4 rings (SSSR count). The quantitative estimate of drug-likeness (QED) is 0.895. The first kappa shape index (κ1) is 17.3. The molecular formula is C19H23N3O3S. The summed E-state index contributed by atoms with van der Waals surface area (Å²) in [5.74, 6) is -0.0583. The van der Waals surface area contributed by atoms with Crippen molar-refractivity contribution in [1.82, 2.24) is 14.2 Å². The average molecular weight is 373 g/mol. The van der Waals surface area contributed by atoms with Gasteiger partial charge in [0.05, 0.1) is 10.5 Å². The highest BCUT2D eigenvalue weighted by atomic mass is 32.2. The predicted octanol–water partition coefficient (Wildman–Crippen LogP) is 2.04. The minimum Gasteiger partial charge on any atom is -0.367 e. The zero-order valence-electron chi connectivity index (χ0n) is 14.6. The number of aryl methyl sites for hydroxylation is 2. The van der Waals surface area contributed by atoms with Crippen LogP contribution in [0.15, 0.2) is 41.6 Å². The van der Waals surface area contributed by atoms with Crippen LogP contribution in [0, 0.1) is 0 Å². The molecule has 1 N–H and O–H groups in total. The lowest BCUT2D eigenvalue weighted by Crippen LogP contribution is -2.50. The lowest BCUT2D eigenvalue weighted by molar-refractivity contribution is 0.0698. The summed E-state index contributed by atoms with van der Waals surface area (Å²) < 4.78 is 27.5. The molecule has 0 spiro atoms. The molecule has 6 nitrogen and oxygen atoms in total. The van der Waals surface area contributed by atoms with Gasteiger partial charge in [0.15, 0.2) is 0 Å². The number of fused-ring (bicyclic) bond motifs is 1. The molecule has 2 aliphatic rings. The molecule has 7 heteroatoms. The molecule has 0 radical (unpaired) electrons. The topological polar surface area (TPSA) is 73.5 Å². The predicted molar refractivity (Wildman–Crippen MR) is 98.5 cm³/mol. The van der Waals surface area contributed by atoms with Gasteiger partial charge in [-0.1, -0.05) is 6.07 Å². The number of H-pyrrole nitrogens is 1. The largest absolute Gasteiger partial charge is 0.367 e. The molecule has 1 aliphatic carbocycles. The van der Waals surface area contributed by atoms with Gasteiger partial charge in [0, 0.05) is 38.6 Å². The van der Waals surface area contributed by atoms with E-state index in [4.69, 9.17) is 0 Å². The van der Waals surface area contributed by atoms with Crippen LogP contribution < -0.4 is 0 Å². The lowest BCUT2D eigenvalue weighted by Gasteiger charge is -2.34. The number of carbonyl (C=O) groups excluding carboxylic acids is 1. The number of hydrogen-bond donors (Lipinski definition) is 1. The first-order chi connectivity index (χ1) is 12.6. The summed E-state index contributed by atoms with van der Waals surface area (Å²) in [4.78, 5) is 17.3.